The summed E-state index contributed by atoms with van der Waals surface area (Å²) in [6, 6.07) is 14.5. The molecule has 0 aliphatic carbocycles. The van der Waals surface area contributed by atoms with E-state index in [0.29, 0.717) is 6.42 Å². The Balaban J connectivity index is 2.12. The van der Waals surface area contributed by atoms with Gasteiger partial charge in [-0.05, 0) is 48.6 Å². The van der Waals surface area contributed by atoms with Gasteiger partial charge in [-0.3, -0.25) is 4.79 Å². The Morgan fingerprint density at radius 2 is 1.77 bits per heavy atom. The minimum Gasteiger partial charge on any atom is -0.300 e. The third kappa shape index (κ3) is 4.29. The van der Waals surface area contributed by atoms with Crippen molar-refractivity contribution in [1.29, 1.82) is 0 Å². The first-order valence-electron chi connectivity index (χ1n) is 7.48. The maximum absolute atomic E-state index is 11.1. The first-order valence-corrected chi connectivity index (χ1v) is 7.48. The standard InChI is InChI=1S/C21H22O/c1-15-5-6-16(2)21(13-15)17(3)7-8-19-9-11-20(12-10-19)14-18(4)22/h5-13H,3,14H2,1-2,4H3/b8-7+. The van der Waals surface area contributed by atoms with Crippen molar-refractivity contribution in [1.82, 2.24) is 0 Å². The van der Waals surface area contributed by atoms with Crippen LogP contribution in [-0.4, -0.2) is 5.78 Å². The van der Waals surface area contributed by atoms with Gasteiger partial charge in [0.15, 0.2) is 0 Å². The molecule has 1 heteroatoms. The second kappa shape index (κ2) is 7.04. The van der Waals surface area contributed by atoms with Gasteiger partial charge in [-0.25, -0.2) is 0 Å². The van der Waals surface area contributed by atoms with E-state index in [1.165, 1.54) is 16.7 Å². The average Bonchev–Trinajstić information content (AvgIpc) is 2.48. The molecule has 0 spiro atoms. The van der Waals surface area contributed by atoms with Crippen molar-refractivity contribution >= 4 is 17.4 Å². The lowest BCUT2D eigenvalue weighted by atomic mass is 9.98. The van der Waals surface area contributed by atoms with Gasteiger partial charge in [0.2, 0.25) is 0 Å². The van der Waals surface area contributed by atoms with Crippen molar-refractivity contribution in [3.8, 4) is 0 Å². The average molecular weight is 290 g/mol. The van der Waals surface area contributed by atoms with Gasteiger partial charge < -0.3 is 0 Å². The van der Waals surface area contributed by atoms with Crippen LogP contribution in [0.1, 0.15) is 34.7 Å². The van der Waals surface area contributed by atoms with Gasteiger partial charge >= 0.3 is 0 Å². The Hall–Kier alpha value is -2.41. The highest BCUT2D eigenvalue weighted by atomic mass is 16.1. The van der Waals surface area contributed by atoms with E-state index in [4.69, 9.17) is 0 Å². The Morgan fingerprint density at radius 3 is 2.41 bits per heavy atom. The summed E-state index contributed by atoms with van der Waals surface area (Å²) >= 11 is 0. The predicted octanol–water partition coefficient (Wildman–Crippen LogP) is 5.16. The van der Waals surface area contributed by atoms with Crippen LogP contribution in [0.3, 0.4) is 0 Å². The van der Waals surface area contributed by atoms with E-state index < -0.39 is 0 Å². The fraction of sp³-hybridized carbons (Fsp3) is 0.190. The van der Waals surface area contributed by atoms with E-state index in [1.54, 1.807) is 6.92 Å². The normalized spacial score (nSPS) is 10.9. The van der Waals surface area contributed by atoms with Crippen molar-refractivity contribution in [2.75, 3.05) is 0 Å². The number of benzene rings is 2. The van der Waals surface area contributed by atoms with E-state index >= 15 is 0 Å². The molecule has 2 aromatic carbocycles. The van der Waals surface area contributed by atoms with Crippen LogP contribution < -0.4 is 0 Å². The second-order valence-corrected chi connectivity index (χ2v) is 5.80. The topological polar surface area (TPSA) is 17.1 Å². The van der Waals surface area contributed by atoms with Crippen LogP contribution in [0.15, 0.2) is 55.1 Å². The highest BCUT2D eigenvalue weighted by molar-refractivity contribution is 5.80. The summed E-state index contributed by atoms with van der Waals surface area (Å²) in [4.78, 5) is 11.1. The number of ketones is 1. The fourth-order valence-corrected chi connectivity index (χ4v) is 2.40. The number of aryl methyl sites for hydroxylation is 2. The lowest BCUT2D eigenvalue weighted by Crippen LogP contribution is -1.95. The molecule has 112 valence electrons. The molecule has 0 amide bonds. The van der Waals surface area contributed by atoms with Crippen molar-refractivity contribution in [2.45, 2.75) is 27.2 Å². The van der Waals surface area contributed by atoms with E-state index in [0.717, 1.165) is 16.7 Å². The third-order valence-corrected chi connectivity index (χ3v) is 3.65. The van der Waals surface area contributed by atoms with Gasteiger partial charge in [0.05, 0.1) is 0 Å². The van der Waals surface area contributed by atoms with Gasteiger partial charge in [0.1, 0.15) is 5.78 Å². The Morgan fingerprint density at radius 1 is 1.09 bits per heavy atom. The number of carbonyl (C=O) groups is 1. The van der Waals surface area contributed by atoms with Crippen molar-refractivity contribution in [3.05, 3.63) is 82.9 Å². The summed E-state index contributed by atoms with van der Waals surface area (Å²) in [5.74, 6) is 0.187. The highest BCUT2D eigenvalue weighted by Gasteiger charge is 2.01. The smallest absolute Gasteiger partial charge is 0.134 e. The van der Waals surface area contributed by atoms with E-state index in [1.807, 2.05) is 30.3 Å². The summed E-state index contributed by atoms with van der Waals surface area (Å²) in [5.41, 5.74) is 6.83. The molecule has 0 aliphatic rings. The number of allylic oxidation sites excluding steroid dienone is 2. The summed E-state index contributed by atoms with van der Waals surface area (Å²) in [7, 11) is 0. The largest absolute Gasteiger partial charge is 0.300 e. The predicted molar refractivity (Wildman–Crippen MR) is 94.8 cm³/mol. The first kappa shape index (κ1) is 16.0. The molecule has 22 heavy (non-hydrogen) atoms. The summed E-state index contributed by atoms with van der Waals surface area (Å²) in [5, 5.41) is 0. The van der Waals surface area contributed by atoms with Crippen LogP contribution in [0.2, 0.25) is 0 Å². The highest BCUT2D eigenvalue weighted by Crippen LogP contribution is 2.21. The molecule has 0 saturated heterocycles. The van der Waals surface area contributed by atoms with Crippen LogP contribution in [0.5, 0.6) is 0 Å². The first-order chi connectivity index (χ1) is 10.5. The molecule has 0 radical (unpaired) electrons. The lowest BCUT2D eigenvalue weighted by molar-refractivity contribution is -0.116. The van der Waals surface area contributed by atoms with Crippen LogP contribution in [0.4, 0.5) is 0 Å². The molecule has 0 unspecified atom stereocenters. The monoisotopic (exact) mass is 290 g/mol. The van der Waals surface area contributed by atoms with E-state index in [-0.39, 0.29) is 5.78 Å². The molecule has 0 aromatic heterocycles. The zero-order valence-electron chi connectivity index (χ0n) is 13.5. The minimum atomic E-state index is 0.187. The minimum absolute atomic E-state index is 0.187. The SMILES string of the molecule is C=C(/C=C/c1ccc(CC(C)=O)cc1)c1cc(C)ccc1C. The summed E-state index contributed by atoms with van der Waals surface area (Å²) in [6.45, 7) is 9.97. The Bertz CT molecular complexity index is 718. The molecule has 0 aliphatic heterocycles. The van der Waals surface area contributed by atoms with Gasteiger partial charge in [0.25, 0.3) is 0 Å². The lowest BCUT2D eigenvalue weighted by Gasteiger charge is -2.07. The number of carbonyl (C=O) groups excluding carboxylic acids is 1. The number of rotatable bonds is 5. The molecule has 0 atom stereocenters. The Kier molecular flexibility index (Phi) is 5.11. The fourth-order valence-electron chi connectivity index (χ4n) is 2.40. The third-order valence-electron chi connectivity index (χ3n) is 3.65. The Labute approximate surface area is 133 Å². The number of Topliss-reactive ketones (excluding diaryl/α,β-unsaturated/α-hetero) is 1. The summed E-state index contributed by atoms with van der Waals surface area (Å²) in [6.07, 6.45) is 4.60. The molecule has 2 aromatic rings. The van der Waals surface area contributed by atoms with Crippen LogP contribution in [0, 0.1) is 13.8 Å². The van der Waals surface area contributed by atoms with Crippen LogP contribution in [0.25, 0.3) is 11.6 Å². The zero-order valence-corrected chi connectivity index (χ0v) is 13.5. The quantitative estimate of drug-likeness (QED) is 0.695. The number of hydrogen-bond acceptors (Lipinski definition) is 1. The van der Waals surface area contributed by atoms with Crippen molar-refractivity contribution in [3.63, 3.8) is 0 Å². The van der Waals surface area contributed by atoms with Gasteiger partial charge in [-0.1, -0.05) is 66.8 Å². The molecule has 0 heterocycles. The summed E-state index contributed by atoms with van der Waals surface area (Å²) < 4.78 is 0. The van der Waals surface area contributed by atoms with E-state index in [9.17, 15) is 4.79 Å². The maximum Gasteiger partial charge on any atom is 0.134 e. The molecule has 0 fully saturated rings. The van der Waals surface area contributed by atoms with Gasteiger partial charge in [0, 0.05) is 6.42 Å². The second-order valence-electron chi connectivity index (χ2n) is 5.80. The number of hydrogen-bond donors (Lipinski definition) is 0. The van der Waals surface area contributed by atoms with Crippen LogP contribution in [-0.2, 0) is 11.2 Å². The van der Waals surface area contributed by atoms with Crippen molar-refractivity contribution in [2.24, 2.45) is 0 Å². The van der Waals surface area contributed by atoms with Gasteiger partial charge in [-0.2, -0.15) is 0 Å². The molecule has 2 rings (SSSR count). The van der Waals surface area contributed by atoms with Gasteiger partial charge in [-0.15, -0.1) is 0 Å². The molecular weight excluding hydrogens is 268 g/mol. The van der Waals surface area contributed by atoms with Crippen LogP contribution >= 0.6 is 0 Å². The maximum atomic E-state index is 11.1. The van der Waals surface area contributed by atoms with Crippen molar-refractivity contribution < 1.29 is 4.79 Å². The molecule has 1 nitrogen and oxygen atoms in total. The molecule has 0 saturated carbocycles. The molecular formula is C21H22O. The zero-order chi connectivity index (χ0) is 16.1. The van der Waals surface area contributed by atoms with E-state index in [2.05, 4.69) is 44.7 Å². The molecule has 0 N–H and O–H groups in total. The molecule has 0 bridgehead atoms.